The van der Waals surface area contributed by atoms with Crippen molar-refractivity contribution in [3.05, 3.63) is 28.3 Å². The average Bonchev–Trinajstić information content (AvgIpc) is 2.35. The van der Waals surface area contributed by atoms with Crippen molar-refractivity contribution in [2.24, 2.45) is 5.73 Å². The Labute approximate surface area is 110 Å². The summed E-state index contributed by atoms with van der Waals surface area (Å²) in [4.78, 5) is 10.3. The molecule has 7 nitrogen and oxygen atoms in total. The number of benzene rings is 1. The zero-order valence-electron chi connectivity index (χ0n) is 9.83. The van der Waals surface area contributed by atoms with Crippen LogP contribution in [0, 0.1) is 10.1 Å². The molecule has 0 aliphatic rings. The minimum atomic E-state index is -0.749. The second kappa shape index (κ2) is 7.70. The molecule has 1 unspecified atom stereocenters. The molecule has 1 atom stereocenters. The lowest BCUT2D eigenvalue weighted by Crippen LogP contribution is -2.27. The van der Waals surface area contributed by atoms with E-state index in [1.165, 1.54) is 25.3 Å². The zero-order chi connectivity index (χ0) is 12.8. The third-order valence-electron chi connectivity index (χ3n) is 2.20. The summed E-state index contributed by atoms with van der Waals surface area (Å²) in [7, 11) is 1.47. The van der Waals surface area contributed by atoms with Crippen LogP contribution >= 0.6 is 12.4 Å². The molecule has 4 N–H and O–H groups in total. The number of nitrogens with zero attached hydrogens (tertiary/aromatic N) is 1. The monoisotopic (exact) mass is 277 g/mol. The third-order valence-corrected chi connectivity index (χ3v) is 2.20. The number of methoxy groups -OCH3 is 1. The summed E-state index contributed by atoms with van der Waals surface area (Å²) < 4.78 is 4.97. The fourth-order valence-electron chi connectivity index (χ4n) is 1.25. The van der Waals surface area contributed by atoms with Crippen LogP contribution in [0.15, 0.2) is 18.2 Å². The van der Waals surface area contributed by atoms with Crippen molar-refractivity contribution in [2.45, 2.75) is 6.10 Å². The molecule has 0 amide bonds. The van der Waals surface area contributed by atoms with E-state index in [0.717, 1.165) is 0 Å². The minimum Gasteiger partial charge on any atom is -0.497 e. The van der Waals surface area contributed by atoms with E-state index >= 15 is 0 Å². The predicted octanol–water partition coefficient (Wildman–Crippen LogP) is 0.757. The van der Waals surface area contributed by atoms with Crippen LogP contribution in [0.25, 0.3) is 0 Å². The molecule has 18 heavy (non-hydrogen) atoms. The largest absolute Gasteiger partial charge is 0.497 e. The van der Waals surface area contributed by atoms with E-state index in [1.54, 1.807) is 0 Å². The van der Waals surface area contributed by atoms with Crippen molar-refractivity contribution < 1.29 is 14.8 Å². The van der Waals surface area contributed by atoms with Crippen molar-refractivity contribution in [1.29, 1.82) is 0 Å². The number of halogens is 1. The first kappa shape index (κ1) is 16.4. The number of ether oxygens (including phenoxy) is 1. The van der Waals surface area contributed by atoms with Gasteiger partial charge >= 0.3 is 0 Å². The van der Waals surface area contributed by atoms with E-state index in [-0.39, 0.29) is 31.2 Å². The number of hydrogen-bond acceptors (Lipinski definition) is 6. The summed E-state index contributed by atoms with van der Waals surface area (Å²) in [6.45, 7) is 0.231. The predicted molar refractivity (Wildman–Crippen MR) is 70.4 cm³/mol. The van der Waals surface area contributed by atoms with Gasteiger partial charge in [-0.05, 0) is 6.07 Å². The van der Waals surface area contributed by atoms with E-state index in [9.17, 15) is 15.2 Å². The smallest absolute Gasteiger partial charge is 0.292 e. The lowest BCUT2D eigenvalue weighted by molar-refractivity contribution is -0.384. The van der Waals surface area contributed by atoms with Crippen LogP contribution in [0.5, 0.6) is 5.75 Å². The zero-order valence-corrected chi connectivity index (χ0v) is 10.6. The number of nitro groups is 1. The molecular weight excluding hydrogens is 262 g/mol. The Kier molecular flexibility index (Phi) is 7.03. The molecule has 102 valence electrons. The number of aliphatic hydroxyl groups is 1. The Morgan fingerprint density at radius 2 is 2.28 bits per heavy atom. The Bertz CT molecular complexity index is 403. The second-order valence-corrected chi connectivity index (χ2v) is 3.41. The summed E-state index contributed by atoms with van der Waals surface area (Å²) in [5, 5.41) is 22.8. The average molecular weight is 278 g/mol. The topological polar surface area (TPSA) is 111 Å². The SMILES string of the molecule is COc1ccc([N+](=O)[O-])c(NCC(O)CN)c1.Cl. The molecule has 0 saturated heterocycles. The molecule has 8 heteroatoms. The van der Waals surface area contributed by atoms with Crippen molar-refractivity contribution >= 4 is 23.8 Å². The van der Waals surface area contributed by atoms with Gasteiger partial charge in [-0.25, -0.2) is 0 Å². The Balaban J connectivity index is 0.00000289. The summed E-state index contributed by atoms with van der Waals surface area (Å²) in [5.74, 6) is 0.500. The standard InChI is InChI=1S/C10H15N3O4.ClH/c1-17-8-2-3-10(13(15)16)9(4-8)12-6-7(14)5-11;/h2-4,7,12,14H,5-6,11H2,1H3;1H. The van der Waals surface area contributed by atoms with E-state index in [1.807, 2.05) is 0 Å². The van der Waals surface area contributed by atoms with Gasteiger partial charge in [0.15, 0.2) is 0 Å². The number of anilines is 1. The van der Waals surface area contributed by atoms with E-state index in [0.29, 0.717) is 11.4 Å². The van der Waals surface area contributed by atoms with Gasteiger partial charge in [0, 0.05) is 25.2 Å². The van der Waals surface area contributed by atoms with Gasteiger partial charge in [-0.2, -0.15) is 0 Å². The molecule has 0 aliphatic carbocycles. The normalized spacial score (nSPS) is 11.3. The molecule has 0 fully saturated rings. The summed E-state index contributed by atoms with van der Waals surface area (Å²) in [6.07, 6.45) is -0.749. The summed E-state index contributed by atoms with van der Waals surface area (Å²) >= 11 is 0. The van der Waals surface area contributed by atoms with Crippen molar-refractivity contribution in [3.63, 3.8) is 0 Å². The molecule has 0 aliphatic heterocycles. The van der Waals surface area contributed by atoms with Crippen molar-refractivity contribution in [2.75, 3.05) is 25.5 Å². The van der Waals surface area contributed by atoms with Gasteiger partial charge in [-0.1, -0.05) is 0 Å². The number of nitrogens with two attached hydrogens (primary N) is 1. The van der Waals surface area contributed by atoms with Gasteiger partial charge in [0.1, 0.15) is 11.4 Å². The number of rotatable bonds is 6. The maximum absolute atomic E-state index is 10.8. The molecule has 0 heterocycles. The molecule has 1 rings (SSSR count). The van der Waals surface area contributed by atoms with Crippen molar-refractivity contribution in [3.8, 4) is 5.75 Å². The molecular formula is C10H16ClN3O4. The number of nitro benzene ring substituents is 1. The third kappa shape index (κ3) is 4.36. The lowest BCUT2D eigenvalue weighted by Gasteiger charge is -2.11. The van der Waals surface area contributed by atoms with Crippen LogP contribution in [-0.2, 0) is 0 Å². The molecule has 1 aromatic rings. The first-order chi connectivity index (χ1) is 8.08. The van der Waals surface area contributed by atoms with E-state index in [2.05, 4.69) is 5.32 Å². The van der Waals surface area contributed by atoms with Gasteiger partial charge in [0.25, 0.3) is 5.69 Å². The first-order valence-electron chi connectivity index (χ1n) is 5.03. The Morgan fingerprint density at radius 3 is 2.78 bits per heavy atom. The maximum Gasteiger partial charge on any atom is 0.292 e. The quantitative estimate of drug-likeness (QED) is 0.523. The van der Waals surface area contributed by atoms with Gasteiger partial charge < -0.3 is 20.9 Å². The van der Waals surface area contributed by atoms with Crippen LogP contribution in [0.3, 0.4) is 0 Å². The van der Waals surface area contributed by atoms with Crippen LogP contribution in [0.1, 0.15) is 0 Å². The van der Waals surface area contributed by atoms with Gasteiger partial charge in [-0.3, -0.25) is 10.1 Å². The van der Waals surface area contributed by atoms with Crippen molar-refractivity contribution in [1.82, 2.24) is 0 Å². The first-order valence-corrected chi connectivity index (χ1v) is 5.03. The van der Waals surface area contributed by atoms with Crippen LogP contribution in [0.2, 0.25) is 0 Å². The summed E-state index contributed by atoms with van der Waals surface area (Å²) in [5.41, 5.74) is 5.46. The highest BCUT2D eigenvalue weighted by atomic mass is 35.5. The highest BCUT2D eigenvalue weighted by Crippen LogP contribution is 2.28. The van der Waals surface area contributed by atoms with Crippen LogP contribution in [-0.4, -0.2) is 36.3 Å². The minimum absolute atomic E-state index is 0. The number of nitrogens with one attached hydrogen (secondary N) is 1. The Morgan fingerprint density at radius 1 is 1.61 bits per heavy atom. The maximum atomic E-state index is 10.8. The number of aliphatic hydroxyl groups excluding tert-OH is 1. The van der Waals surface area contributed by atoms with Gasteiger partial charge in [0.05, 0.1) is 18.1 Å². The Hall–Kier alpha value is -1.57. The lowest BCUT2D eigenvalue weighted by atomic mass is 10.2. The van der Waals surface area contributed by atoms with Crippen LogP contribution in [0.4, 0.5) is 11.4 Å². The molecule has 0 spiro atoms. The molecule has 1 aromatic carbocycles. The number of hydrogen-bond donors (Lipinski definition) is 3. The summed E-state index contributed by atoms with van der Waals surface area (Å²) in [6, 6.07) is 4.35. The molecule has 0 aromatic heterocycles. The highest BCUT2D eigenvalue weighted by molar-refractivity contribution is 5.85. The van der Waals surface area contributed by atoms with E-state index in [4.69, 9.17) is 10.5 Å². The molecule has 0 bridgehead atoms. The molecule has 0 saturated carbocycles. The molecule has 0 radical (unpaired) electrons. The fraction of sp³-hybridized carbons (Fsp3) is 0.400. The highest BCUT2D eigenvalue weighted by Gasteiger charge is 2.15. The van der Waals surface area contributed by atoms with E-state index < -0.39 is 11.0 Å². The van der Waals surface area contributed by atoms with Gasteiger partial charge in [0.2, 0.25) is 0 Å². The van der Waals surface area contributed by atoms with Crippen LogP contribution < -0.4 is 15.8 Å². The second-order valence-electron chi connectivity index (χ2n) is 3.41. The van der Waals surface area contributed by atoms with Gasteiger partial charge in [-0.15, -0.1) is 12.4 Å². The fourth-order valence-corrected chi connectivity index (χ4v) is 1.25.